The summed E-state index contributed by atoms with van der Waals surface area (Å²) in [4.78, 5) is 29.3. The minimum Gasteiger partial charge on any atom is -0.459 e. The van der Waals surface area contributed by atoms with Crippen molar-refractivity contribution in [3.63, 3.8) is 0 Å². The zero-order valence-electron chi connectivity index (χ0n) is 16.0. The zero-order chi connectivity index (χ0) is 19.7. The van der Waals surface area contributed by atoms with Gasteiger partial charge in [-0.25, -0.2) is 9.78 Å². The second kappa shape index (κ2) is 7.34. The molecule has 0 bridgehead atoms. The van der Waals surface area contributed by atoms with Crippen LogP contribution in [-0.2, 0) is 29.2 Å². The van der Waals surface area contributed by atoms with E-state index in [1.54, 1.807) is 9.13 Å². The first kappa shape index (κ1) is 18.0. The molecule has 1 aromatic carbocycles. The van der Waals surface area contributed by atoms with E-state index in [0.29, 0.717) is 12.2 Å². The Morgan fingerprint density at radius 1 is 1.11 bits per heavy atom. The summed E-state index contributed by atoms with van der Waals surface area (Å²) >= 11 is 0. The minimum atomic E-state index is -0.353. The molecule has 0 saturated heterocycles. The molecule has 7 heteroatoms. The van der Waals surface area contributed by atoms with E-state index in [9.17, 15) is 9.59 Å². The van der Waals surface area contributed by atoms with Crippen molar-refractivity contribution in [1.82, 2.24) is 18.5 Å². The molecule has 0 atom stereocenters. The van der Waals surface area contributed by atoms with Crippen molar-refractivity contribution in [1.29, 1.82) is 0 Å². The van der Waals surface area contributed by atoms with Gasteiger partial charge in [0.1, 0.15) is 12.3 Å². The van der Waals surface area contributed by atoms with Gasteiger partial charge in [0, 0.05) is 25.5 Å². The topological polar surface area (TPSA) is 70.5 Å². The summed E-state index contributed by atoms with van der Waals surface area (Å²) in [6.07, 6.45) is 3.90. The maximum absolute atomic E-state index is 12.6. The van der Waals surface area contributed by atoms with Crippen LogP contribution in [0.3, 0.4) is 0 Å². The van der Waals surface area contributed by atoms with Gasteiger partial charge >= 0.3 is 11.7 Å². The summed E-state index contributed by atoms with van der Waals surface area (Å²) in [5.41, 5.74) is 4.22. The van der Waals surface area contributed by atoms with Crippen molar-refractivity contribution in [2.24, 2.45) is 0 Å². The van der Waals surface area contributed by atoms with Crippen molar-refractivity contribution in [3.05, 3.63) is 70.5 Å². The Bertz CT molecular complexity index is 1220. The Balaban J connectivity index is 1.43. The molecule has 28 heavy (non-hydrogen) atoms. The number of benzene rings is 1. The van der Waals surface area contributed by atoms with Gasteiger partial charge in [0.25, 0.3) is 0 Å². The Morgan fingerprint density at radius 3 is 2.57 bits per heavy atom. The number of ether oxygens (including phenoxy) is 1. The van der Waals surface area contributed by atoms with Gasteiger partial charge in [0.15, 0.2) is 0 Å². The molecule has 0 saturated carbocycles. The van der Waals surface area contributed by atoms with Crippen LogP contribution >= 0.6 is 0 Å². The highest BCUT2D eigenvalue weighted by atomic mass is 16.5. The molecule has 0 amide bonds. The van der Waals surface area contributed by atoms with Crippen LogP contribution in [-0.4, -0.2) is 24.5 Å². The standard InChI is InChI=1S/C21H22N4O3/c1-3-24-17-8-4-5-9-18(17)25(21(24)27)12-10-19(26)28-14-16-13-23-11-6-7-15(2)20(23)22-16/h4-9,11,13H,3,10,12,14H2,1-2H3. The van der Waals surface area contributed by atoms with Gasteiger partial charge in [0.05, 0.1) is 23.1 Å². The molecule has 0 N–H and O–H groups in total. The van der Waals surface area contributed by atoms with Crippen molar-refractivity contribution < 1.29 is 9.53 Å². The number of nitrogens with zero attached hydrogens (tertiary/aromatic N) is 4. The van der Waals surface area contributed by atoms with E-state index < -0.39 is 0 Å². The number of fused-ring (bicyclic) bond motifs is 2. The number of rotatable bonds is 6. The number of hydrogen-bond donors (Lipinski definition) is 0. The van der Waals surface area contributed by atoms with Crippen LogP contribution < -0.4 is 5.69 Å². The van der Waals surface area contributed by atoms with E-state index >= 15 is 0 Å². The summed E-state index contributed by atoms with van der Waals surface area (Å²) in [6, 6.07) is 11.5. The molecule has 0 radical (unpaired) electrons. The number of aryl methyl sites for hydroxylation is 3. The van der Waals surface area contributed by atoms with Gasteiger partial charge in [-0.2, -0.15) is 0 Å². The Hall–Kier alpha value is -3.35. The number of imidazole rings is 2. The van der Waals surface area contributed by atoms with Gasteiger partial charge in [-0.05, 0) is 37.6 Å². The molecule has 0 aliphatic rings. The number of hydrogen-bond acceptors (Lipinski definition) is 4. The van der Waals surface area contributed by atoms with Crippen LogP contribution in [0.5, 0.6) is 0 Å². The average molecular weight is 378 g/mol. The quantitative estimate of drug-likeness (QED) is 0.484. The normalized spacial score (nSPS) is 11.4. The monoisotopic (exact) mass is 378 g/mol. The molecule has 3 aromatic heterocycles. The maximum atomic E-state index is 12.6. The molecule has 4 aromatic rings. The third-order valence-electron chi connectivity index (χ3n) is 4.89. The van der Waals surface area contributed by atoms with Crippen LogP contribution in [0.1, 0.15) is 24.6 Å². The third kappa shape index (κ3) is 3.19. The summed E-state index contributed by atoms with van der Waals surface area (Å²) < 4.78 is 10.6. The van der Waals surface area contributed by atoms with Crippen molar-refractivity contribution >= 4 is 22.6 Å². The van der Waals surface area contributed by atoms with E-state index in [1.807, 2.05) is 67.0 Å². The fourth-order valence-electron chi connectivity index (χ4n) is 3.50. The van der Waals surface area contributed by atoms with Crippen LogP contribution in [0.4, 0.5) is 0 Å². The van der Waals surface area contributed by atoms with E-state index in [2.05, 4.69) is 4.98 Å². The van der Waals surface area contributed by atoms with Crippen molar-refractivity contribution in [3.8, 4) is 0 Å². The Morgan fingerprint density at radius 2 is 1.86 bits per heavy atom. The first-order chi connectivity index (χ1) is 13.6. The summed E-state index contributed by atoms with van der Waals surface area (Å²) in [7, 11) is 0. The van der Waals surface area contributed by atoms with E-state index in [4.69, 9.17) is 4.74 Å². The van der Waals surface area contributed by atoms with Crippen LogP contribution in [0.25, 0.3) is 16.7 Å². The third-order valence-corrected chi connectivity index (χ3v) is 4.89. The van der Waals surface area contributed by atoms with E-state index in [0.717, 1.165) is 22.2 Å². The average Bonchev–Trinajstić information content (AvgIpc) is 3.24. The highest BCUT2D eigenvalue weighted by Gasteiger charge is 2.14. The second-order valence-electron chi connectivity index (χ2n) is 6.73. The van der Waals surface area contributed by atoms with Crippen molar-refractivity contribution in [2.75, 3.05) is 0 Å². The van der Waals surface area contributed by atoms with Gasteiger partial charge in [-0.3, -0.25) is 13.9 Å². The highest BCUT2D eigenvalue weighted by Crippen LogP contribution is 2.14. The molecular weight excluding hydrogens is 356 g/mol. The Labute approximate surface area is 161 Å². The fraction of sp³-hybridized carbons (Fsp3) is 0.286. The number of carbonyl (C=O) groups is 1. The highest BCUT2D eigenvalue weighted by molar-refractivity contribution is 5.76. The zero-order valence-corrected chi connectivity index (χ0v) is 16.0. The second-order valence-corrected chi connectivity index (χ2v) is 6.73. The van der Waals surface area contributed by atoms with Gasteiger partial charge in [-0.1, -0.05) is 18.2 Å². The van der Waals surface area contributed by atoms with Gasteiger partial charge in [-0.15, -0.1) is 0 Å². The largest absolute Gasteiger partial charge is 0.459 e. The van der Waals surface area contributed by atoms with E-state index in [-0.39, 0.29) is 31.2 Å². The molecule has 0 aliphatic heterocycles. The molecule has 0 unspecified atom stereocenters. The SMILES string of the molecule is CCn1c(=O)n(CCC(=O)OCc2cn3cccc(C)c3n2)c2ccccc21. The molecular formula is C21H22N4O3. The predicted octanol–water partition coefficient (Wildman–Crippen LogP) is 2.91. The van der Waals surface area contributed by atoms with E-state index in [1.165, 1.54) is 0 Å². The maximum Gasteiger partial charge on any atom is 0.329 e. The van der Waals surface area contributed by atoms with Crippen LogP contribution in [0, 0.1) is 6.92 Å². The number of aromatic nitrogens is 4. The summed E-state index contributed by atoms with van der Waals surface area (Å²) in [5.74, 6) is -0.353. The molecule has 4 rings (SSSR count). The lowest BCUT2D eigenvalue weighted by molar-refractivity contribution is -0.145. The van der Waals surface area contributed by atoms with Crippen LogP contribution in [0.15, 0.2) is 53.6 Å². The smallest absolute Gasteiger partial charge is 0.329 e. The number of pyridine rings is 1. The van der Waals surface area contributed by atoms with Gasteiger partial charge < -0.3 is 9.14 Å². The lowest BCUT2D eigenvalue weighted by Crippen LogP contribution is -2.25. The number of esters is 1. The van der Waals surface area contributed by atoms with Crippen LogP contribution in [0.2, 0.25) is 0 Å². The van der Waals surface area contributed by atoms with Crippen molar-refractivity contribution in [2.45, 2.75) is 40.0 Å². The Kier molecular flexibility index (Phi) is 4.73. The predicted molar refractivity (Wildman–Crippen MR) is 106 cm³/mol. The first-order valence-corrected chi connectivity index (χ1v) is 9.35. The lowest BCUT2D eigenvalue weighted by Gasteiger charge is -2.04. The number of para-hydroxylation sites is 2. The number of carbonyl (C=O) groups excluding carboxylic acids is 1. The lowest BCUT2D eigenvalue weighted by atomic mass is 10.3. The molecule has 7 nitrogen and oxygen atoms in total. The molecule has 0 aliphatic carbocycles. The summed E-state index contributed by atoms with van der Waals surface area (Å²) in [6.45, 7) is 4.91. The summed E-state index contributed by atoms with van der Waals surface area (Å²) in [5, 5.41) is 0. The fourth-order valence-corrected chi connectivity index (χ4v) is 3.50. The van der Waals surface area contributed by atoms with Gasteiger partial charge in [0.2, 0.25) is 0 Å². The first-order valence-electron chi connectivity index (χ1n) is 9.35. The molecule has 144 valence electrons. The molecule has 3 heterocycles. The minimum absolute atomic E-state index is 0.104. The molecule has 0 spiro atoms. The molecule has 0 fully saturated rings.